The lowest BCUT2D eigenvalue weighted by molar-refractivity contribution is 0.918. The summed E-state index contributed by atoms with van der Waals surface area (Å²) in [6, 6.07) is 8.85. The fourth-order valence-electron chi connectivity index (χ4n) is 1.94. The van der Waals surface area contributed by atoms with Crippen molar-refractivity contribution in [3.63, 3.8) is 0 Å². The summed E-state index contributed by atoms with van der Waals surface area (Å²) in [6.07, 6.45) is 0. The first-order valence-electron chi connectivity index (χ1n) is 5.25. The summed E-state index contributed by atoms with van der Waals surface area (Å²) < 4.78 is 2.95. The van der Waals surface area contributed by atoms with Crippen molar-refractivity contribution in [2.24, 2.45) is 0 Å². The fourth-order valence-corrected chi connectivity index (χ4v) is 2.37. The Morgan fingerprint density at radius 3 is 2.29 bits per heavy atom. The zero-order valence-corrected chi connectivity index (χ0v) is 11.3. The Bertz CT molecular complexity index is 606. The summed E-state index contributed by atoms with van der Waals surface area (Å²) in [5.74, 6) is 0. The average molecular weight is 293 g/mol. The molecule has 1 heterocycles. The van der Waals surface area contributed by atoms with Crippen molar-refractivity contribution in [3.8, 4) is 5.69 Å². The molecule has 2 aromatic rings. The molecule has 0 bridgehead atoms. The second-order valence-electron chi connectivity index (χ2n) is 4.02. The maximum absolute atomic E-state index is 11.4. The van der Waals surface area contributed by atoms with E-state index in [1.807, 2.05) is 36.6 Å². The van der Waals surface area contributed by atoms with E-state index in [1.165, 1.54) is 0 Å². The quantitative estimate of drug-likeness (QED) is 0.822. The van der Waals surface area contributed by atoms with Crippen molar-refractivity contribution in [3.05, 3.63) is 56.4 Å². The van der Waals surface area contributed by atoms with Crippen LogP contribution in [0.1, 0.15) is 11.4 Å². The number of anilines is 1. The van der Waals surface area contributed by atoms with E-state index in [1.54, 1.807) is 12.1 Å². The van der Waals surface area contributed by atoms with Gasteiger partial charge in [-0.25, -0.2) is 0 Å². The van der Waals surface area contributed by atoms with Crippen LogP contribution >= 0.6 is 15.9 Å². The smallest absolute Gasteiger partial charge is 0.182 e. The monoisotopic (exact) mass is 292 g/mol. The van der Waals surface area contributed by atoms with Crippen LogP contribution in [0.3, 0.4) is 0 Å². The van der Waals surface area contributed by atoms with E-state index < -0.39 is 0 Å². The van der Waals surface area contributed by atoms with Crippen LogP contribution in [0.15, 0.2) is 39.6 Å². The van der Waals surface area contributed by atoms with Gasteiger partial charge in [-0.15, -0.1) is 0 Å². The summed E-state index contributed by atoms with van der Waals surface area (Å²) in [5, 5.41) is 0. The first-order chi connectivity index (χ1) is 7.99. The third-order valence-corrected chi connectivity index (χ3v) is 3.29. The molecule has 0 radical (unpaired) electrons. The Kier molecular flexibility index (Phi) is 3.07. The molecule has 0 aliphatic heterocycles. The van der Waals surface area contributed by atoms with Crippen LogP contribution in [0.4, 0.5) is 5.69 Å². The van der Waals surface area contributed by atoms with Gasteiger partial charge in [-0.3, -0.25) is 4.79 Å². The van der Waals surface area contributed by atoms with E-state index in [0.29, 0.717) is 5.69 Å². The highest BCUT2D eigenvalue weighted by molar-refractivity contribution is 9.10. The number of hydrogen-bond donors (Lipinski definition) is 1. The number of nitrogen functional groups attached to an aromatic ring is 1. The zero-order chi connectivity index (χ0) is 12.6. The summed E-state index contributed by atoms with van der Waals surface area (Å²) in [5.41, 5.74) is 9.24. The van der Waals surface area contributed by atoms with Gasteiger partial charge in [-0.1, -0.05) is 0 Å². The van der Waals surface area contributed by atoms with Gasteiger partial charge in [0.05, 0.1) is 5.69 Å². The molecule has 0 spiro atoms. The van der Waals surface area contributed by atoms with Crippen LogP contribution in [0.25, 0.3) is 5.69 Å². The average Bonchev–Trinajstić information content (AvgIpc) is 2.21. The molecule has 17 heavy (non-hydrogen) atoms. The minimum absolute atomic E-state index is 0.0243. The van der Waals surface area contributed by atoms with Crippen LogP contribution in [-0.4, -0.2) is 4.57 Å². The van der Waals surface area contributed by atoms with Gasteiger partial charge in [0.2, 0.25) is 0 Å². The second kappa shape index (κ2) is 4.37. The summed E-state index contributed by atoms with van der Waals surface area (Å²) >= 11 is 3.50. The maximum Gasteiger partial charge on any atom is 0.182 e. The number of nitrogens with zero attached hydrogens (tertiary/aromatic N) is 1. The molecular weight excluding hydrogens is 280 g/mol. The van der Waals surface area contributed by atoms with E-state index in [2.05, 4.69) is 15.9 Å². The van der Waals surface area contributed by atoms with Crippen molar-refractivity contribution in [1.29, 1.82) is 0 Å². The summed E-state index contributed by atoms with van der Waals surface area (Å²) in [7, 11) is 0. The summed E-state index contributed by atoms with van der Waals surface area (Å²) in [4.78, 5) is 11.4. The first-order valence-corrected chi connectivity index (χ1v) is 6.04. The van der Waals surface area contributed by atoms with E-state index in [4.69, 9.17) is 5.73 Å². The standard InChI is InChI=1S/C13H13BrN2O/c1-8-5-11(17)6-9(2)16(8)13-7-10(15)3-4-12(13)14/h3-7H,15H2,1-2H3. The van der Waals surface area contributed by atoms with Crippen molar-refractivity contribution in [2.75, 3.05) is 5.73 Å². The Labute approximate surface area is 108 Å². The molecule has 1 aromatic heterocycles. The maximum atomic E-state index is 11.4. The lowest BCUT2D eigenvalue weighted by Gasteiger charge is -2.16. The van der Waals surface area contributed by atoms with Crippen molar-refractivity contribution < 1.29 is 0 Å². The van der Waals surface area contributed by atoms with Crippen LogP contribution in [0.5, 0.6) is 0 Å². The lowest BCUT2D eigenvalue weighted by atomic mass is 10.2. The Balaban J connectivity index is 2.77. The molecule has 0 unspecified atom stereocenters. The Morgan fingerprint density at radius 1 is 1.12 bits per heavy atom. The number of aryl methyl sites for hydroxylation is 2. The number of rotatable bonds is 1. The predicted octanol–water partition coefficient (Wildman–Crippen LogP) is 2.80. The van der Waals surface area contributed by atoms with Gasteiger partial charge in [0.15, 0.2) is 5.43 Å². The molecular formula is C13H13BrN2O. The van der Waals surface area contributed by atoms with E-state index >= 15 is 0 Å². The highest BCUT2D eigenvalue weighted by atomic mass is 79.9. The number of pyridine rings is 1. The normalized spacial score (nSPS) is 10.5. The minimum atomic E-state index is 0.0243. The molecule has 0 aliphatic rings. The summed E-state index contributed by atoms with van der Waals surface area (Å²) in [6.45, 7) is 3.81. The zero-order valence-electron chi connectivity index (χ0n) is 9.70. The molecule has 0 saturated heterocycles. The fraction of sp³-hybridized carbons (Fsp3) is 0.154. The molecule has 1 aromatic carbocycles. The van der Waals surface area contributed by atoms with E-state index in [0.717, 1.165) is 21.5 Å². The van der Waals surface area contributed by atoms with Crippen molar-refractivity contribution >= 4 is 21.6 Å². The largest absolute Gasteiger partial charge is 0.399 e. The van der Waals surface area contributed by atoms with Crippen molar-refractivity contribution in [1.82, 2.24) is 4.57 Å². The van der Waals surface area contributed by atoms with Gasteiger partial charge in [0.1, 0.15) is 0 Å². The molecule has 0 saturated carbocycles. The minimum Gasteiger partial charge on any atom is -0.399 e. The highest BCUT2D eigenvalue weighted by Crippen LogP contribution is 2.25. The van der Waals surface area contributed by atoms with Gasteiger partial charge in [0, 0.05) is 33.7 Å². The molecule has 2 rings (SSSR count). The van der Waals surface area contributed by atoms with Crippen LogP contribution < -0.4 is 11.2 Å². The second-order valence-corrected chi connectivity index (χ2v) is 4.87. The van der Waals surface area contributed by atoms with Gasteiger partial charge >= 0.3 is 0 Å². The van der Waals surface area contributed by atoms with E-state index in [9.17, 15) is 4.79 Å². The van der Waals surface area contributed by atoms with Gasteiger partial charge in [-0.05, 0) is 48.0 Å². The van der Waals surface area contributed by atoms with Gasteiger partial charge in [-0.2, -0.15) is 0 Å². The molecule has 88 valence electrons. The Hall–Kier alpha value is -1.55. The molecule has 4 heteroatoms. The molecule has 3 nitrogen and oxygen atoms in total. The van der Waals surface area contributed by atoms with Gasteiger partial charge in [0.25, 0.3) is 0 Å². The lowest BCUT2D eigenvalue weighted by Crippen LogP contribution is -2.11. The molecule has 0 aliphatic carbocycles. The highest BCUT2D eigenvalue weighted by Gasteiger charge is 2.07. The van der Waals surface area contributed by atoms with Crippen molar-refractivity contribution in [2.45, 2.75) is 13.8 Å². The number of nitrogens with two attached hydrogens (primary N) is 1. The Morgan fingerprint density at radius 2 is 1.71 bits per heavy atom. The SMILES string of the molecule is Cc1cc(=O)cc(C)n1-c1cc(N)ccc1Br. The number of hydrogen-bond acceptors (Lipinski definition) is 2. The number of aromatic nitrogens is 1. The van der Waals surface area contributed by atoms with Crippen LogP contribution in [0.2, 0.25) is 0 Å². The number of benzene rings is 1. The third kappa shape index (κ3) is 2.26. The third-order valence-electron chi connectivity index (χ3n) is 2.62. The predicted molar refractivity (Wildman–Crippen MR) is 73.6 cm³/mol. The van der Waals surface area contributed by atoms with Crippen LogP contribution in [0, 0.1) is 13.8 Å². The first kappa shape index (κ1) is 11.9. The van der Waals surface area contributed by atoms with E-state index in [-0.39, 0.29) is 5.43 Å². The van der Waals surface area contributed by atoms with Crippen LogP contribution in [-0.2, 0) is 0 Å². The molecule has 0 fully saturated rings. The molecule has 0 atom stereocenters. The topological polar surface area (TPSA) is 48.0 Å². The number of halogens is 1. The van der Waals surface area contributed by atoms with Gasteiger partial charge < -0.3 is 10.3 Å². The molecule has 2 N–H and O–H groups in total. The molecule has 0 amide bonds.